The summed E-state index contributed by atoms with van der Waals surface area (Å²) in [5, 5.41) is 2.68. The maximum absolute atomic E-state index is 11.6. The largest absolute Gasteiger partial charge is 0.324 e. The Bertz CT molecular complexity index is 424. The average molecular weight is 240 g/mol. The van der Waals surface area contributed by atoms with Crippen LogP contribution in [-0.4, -0.2) is 21.9 Å². The highest BCUT2D eigenvalue weighted by Crippen LogP contribution is 2.14. The Morgan fingerprint density at radius 3 is 2.56 bits per heavy atom. The molecule has 1 atom stereocenters. The van der Waals surface area contributed by atoms with Crippen LogP contribution in [0.2, 0.25) is 0 Å². The monoisotopic (exact) mass is 240 g/mol. The second-order valence-corrected chi connectivity index (χ2v) is 5.54. The molecule has 0 aliphatic carbocycles. The van der Waals surface area contributed by atoms with Crippen molar-refractivity contribution in [3.05, 3.63) is 24.3 Å². The molecular formula is C11H16N2O2S. The van der Waals surface area contributed by atoms with E-state index < -0.39 is 16.3 Å². The third-order valence-electron chi connectivity index (χ3n) is 2.01. The molecule has 0 saturated heterocycles. The zero-order chi connectivity index (χ0) is 12.3. The molecule has 1 amide bonds. The lowest BCUT2D eigenvalue weighted by atomic mass is 10.1. The fraction of sp³-hybridized carbons (Fsp3) is 0.364. The molecule has 0 bridgehead atoms. The Kier molecular flexibility index (Phi) is 3.83. The minimum atomic E-state index is -1.06. The van der Waals surface area contributed by atoms with Gasteiger partial charge in [0.05, 0.1) is 5.54 Å². The van der Waals surface area contributed by atoms with Crippen molar-refractivity contribution >= 4 is 22.4 Å². The fourth-order valence-electron chi connectivity index (χ4n) is 1.04. The van der Waals surface area contributed by atoms with Gasteiger partial charge >= 0.3 is 0 Å². The van der Waals surface area contributed by atoms with Crippen LogP contribution in [0.25, 0.3) is 0 Å². The molecule has 5 heteroatoms. The Morgan fingerprint density at radius 2 is 2.06 bits per heavy atom. The highest BCUT2D eigenvalue weighted by molar-refractivity contribution is 7.84. The third kappa shape index (κ3) is 3.43. The first-order valence-electron chi connectivity index (χ1n) is 4.84. The number of nitrogens with two attached hydrogens (primary N) is 1. The van der Waals surface area contributed by atoms with Crippen molar-refractivity contribution in [2.45, 2.75) is 24.3 Å². The quantitative estimate of drug-likeness (QED) is 0.831. The summed E-state index contributed by atoms with van der Waals surface area (Å²) >= 11 is 0. The van der Waals surface area contributed by atoms with Crippen molar-refractivity contribution in [2.24, 2.45) is 5.73 Å². The van der Waals surface area contributed by atoms with E-state index in [4.69, 9.17) is 5.73 Å². The first-order valence-corrected chi connectivity index (χ1v) is 6.40. The standard InChI is InChI=1S/C11H16N2O2S/c1-11(2,12)10(14)13-8-5-4-6-9(7-8)16(3)15/h4-7H,12H2,1-3H3,(H,13,14). The number of anilines is 1. The molecule has 1 rings (SSSR count). The fourth-order valence-corrected chi connectivity index (χ4v) is 1.61. The lowest BCUT2D eigenvalue weighted by molar-refractivity contribution is -0.120. The Hall–Kier alpha value is -1.20. The molecule has 0 aliphatic rings. The van der Waals surface area contributed by atoms with Gasteiger partial charge in [0.2, 0.25) is 5.91 Å². The number of hydrogen-bond donors (Lipinski definition) is 2. The van der Waals surface area contributed by atoms with Crippen molar-refractivity contribution in [3.8, 4) is 0 Å². The minimum absolute atomic E-state index is 0.272. The van der Waals surface area contributed by atoms with Gasteiger partial charge in [-0.3, -0.25) is 9.00 Å². The summed E-state index contributed by atoms with van der Waals surface area (Å²) < 4.78 is 11.3. The Labute approximate surface area is 97.7 Å². The van der Waals surface area contributed by atoms with Gasteiger partial charge < -0.3 is 11.1 Å². The first kappa shape index (κ1) is 12.9. The Balaban J connectivity index is 2.87. The third-order valence-corrected chi connectivity index (χ3v) is 2.93. The van der Waals surface area contributed by atoms with Gasteiger partial charge in [0.1, 0.15) is 0 Å². The van der Waals surface area contributed by atoms with Gasteiger partial charge in [0.15, 0.2) is 0 Å². The maximum Gasteiger partial charge on any atom is 0.243 e. The molecule has 0 fully saturated rings. The summed E-state index contributed by atoms with van der Waals surface area (Å²) in [5.41, 5.74) is 5.33. The van der Waals surface area contributed by atoms with Crippen molar-refractivity contribution < 1.29 is 9.00 Å². The molecule has 0 heterocycles. The molecule has 1 aromatic rings. The highest BCUT2D eigenvalue weighted by atomic mass is 32.2. The van der Waals surface area contributed by atoms with Crippen LogP contribution in [-0.2, 0) is 15.6 Å². The molecule has 0 aliphatic heterocycles. The van der Waals surface area contributed by atoms with Gasteiger partial charge in [-0.05, 0) is 32.0 Å². The summed E-state index contributed by atoms with van der Waals surface area (Å²) in [5.74, 6) is -0.272. The Morgan fingerprint density at radius 1 is 1.44 bits per heavy atom. The van der Waals surface area contributed by atoms with Crippen LogP contribution in [0.3, 0.4) is 0 Å². The molecule has 88 valence electrons. The van der Waals surface area contributed by atoms with Crippen LogP contribution in [0.4, 0.5) is 5.69 Å². The number of carbonyl (C=O) groups is 1. The molecule has 16 heavy (non-hydrogen) atoms. The van der Waals surface area contributed by atoms with Gasteiger partial charge in [-0.1, -0.05) is 6.07 Å². The molecule has 0 saturated carbocycles. The van der Waals surface area contributed by atoms with E-state index in [-0.39, 0.29) is 5.91 Å². The van der Waals surface area contributed by atoms with Crippen LogP contribution < -0.4 is 11.1 Å². The van der Waals surface area contributed by atoms with Crippen molar-refractivity contribution in [1.82, 2.24) is 0 Å². The zero-order valence-corrected chi connectivity index (χ0v) is 10.4. The first-order chi connectivity index (χ1) is 7.30. The number of amides is 1. The smallest absolute Gasteiger partial charge is 0.243 e. The van der Waals surface area contributed by atoms with Gasteiger partial charge in [0.25, 0.3) is 0 Å². The van der Waals surface area contributed by atoms with Gasteiger partial charge in [-0.25, -0.2) is 0 Å². The van der Waals surface area contributed by atoms with Gasteiger partial charge in [-0.2, -0.15) is 0 Å². The summed E-state index contributed by atoms with van der Waals surface area (Å²) in [6.07, 6.45) is 1.59. The van der Waals surface area contributed by atoms with Gasteiger partial charge in [-0.15, -0.1) is 0 Å². The van der Waals surface area contributed by atoms with Crippen LogP contribution in [0.5, 0.6) is 0 Å². The average Bonchev–Trinajstić information content (AvgIpc) is 2.16. The summed E-state index contributed by atoms with van der Waals surface area (Å²) in [4.78, 5) is 12.3. The predicted octanol–water partition coefficient (Wildman–Crippen LogP) is 1.10. The number of benzene rings is 1. The molecule has 0 aromatic heterocycles. The molecule has 3 N–H and O–H groups in total. The molecule has 0 radical (unpaired) electrons. The van der Waals surface area contributed by atoms with E-state index in [2.05, 4.69) is 5.32 Å². The van der Waals surface area contributed by atoms with Crippen molar-refractivity contribution in [1.29, 1.82) is 0 Å². The van der Waals surface area contributed by atoms with Crippen LogP contribution in [0, 0.1) is 0 Å². The number of carbonyl (C=O) groups excluding carboxylic acids is 1. The van der Waals surface area contributed by atoms with E-state index in [9.17, 15) is 9.00 Å². The molecule has 1 unspecified atom stereocenters. The van der Waals surface area contributed by atoms with E-state index in [0.717, 1.165) is 0 Å². The highest BCUT2D eigenvalue weighted by Gasteiger charge is 2.21. The van der Waals surface area contributed by atoms with E-state index in [1.807, 2.05) is 0 Å². The lowest BCUT2D eigenvalue weighted by Crippen LogP contribution is -2.45. The second-order valence-electron chi connectivity index (χ2n) is 4.16. The topological polar surface area (TPSA) is 72.2 Å². The second kappa shape index (κ2) is 4.76. The van der Waals surface area contributed by atoms with Crippen LogP contribution >= 0.6 is 0 Å². The van der Waals surface area contributed by atoms with Gasteiger partial charge in [0, 0.05) is 27.6 Å². The number of hydrogen-bond acceptors (Lipinski definition) is 3. The maximum atomic E-state index is 11.6. The SMILES string of the molecule is CS(=O)c1cccc(NC(=O)C(C)(C)N)c1. The van der Waals surface area contributed by atoms with E-state index in [1.54, 1.807) is 44.4 Å². The molecule has 4 nitrogen and oxygen atoms in total. The van der Waals surface area contributed by atoms with E-state index in [1.165, 1.54) is 0 Å². The van der Waals surface area contributed by atoms with Crippen LogP contribution in [0.15, 0.2) is 29.2 Å². The van der Waals surface area contributed by atoms with E-state index >= 15 is 0 Å². The number of rotatable bonds is 3. The summed E-state index contributed by atoms with van der Waals surface area (Å²) in [7, 11) is -1.06. The summed E-state index contributed by atoms with van der Waals surface area (Å²) in [6.45, 7) is 3.26. The number of nitrogens with one attached hydrogen (secondary N) is 1. The minimum Gasteiger partial charge on any atom is -0.324 e. The van der Waals surface area contributed by atoms with Crippen molar-refractivity contribution in [3.63, 3.8) is 0 Å². The molecule has 1 aromatic carbocycles. The predicted molar refractivity (Wildman–Crippen MR) is 65.7 cm³/mol. The van der Waals surface area contributed by atoms with Crippen molar-refractivity contribution in [2.75, 3.05) is 11.6 Å². The van der Waals surface area contributed by atoms with E-state index in [0.29, 0.717) is 10.6 Å². The normalized spacial score (nSPS) is 13.2. The lowest BCUT2D eigenvalue weighted by Gasteiger charge is -2.17. The zero-order valence-electron chi connectivity index (χ0n) is 9.61. The van der Waals surface area contributed by atoms with Crippen LogP contribution in [0.1, 0.15) is 13.8 Å². The molecular weight excluding hydrogens is 224 g/mol. The summed E-state index contributed by atoms with van der Waals surface area (Å²) in [6, 6.07) is 6.91. The molecule has 0 spiro atoms.